The first-order valence-corrected chi connectivity index (χ1v) is 8.31. The third-order valence-electron chi connectivity index (χ3n) is 4.08. The predicted molar refractivity (Wildman–Crippen MR) is 96.8 cm³/mol. The Morgan fingerprint density at radius 1 is 1.08 bits per heavy atom. The quantitative estimate of drug-likeness (QED) is 0.753. The molecule has 1 amide bonds. The molecule has 128 valence electrons. The lowest BCUT2D eigenvalue weighted by atomic mass is 10.0. The van der Waals surface area contributed by atoms with Gasteiger partial charge in [-0.1, -0.05) is 61.4 Å². The second-order valence-corrected chi connectivity index (χ2v) is 6.34. The molecule has 0 bridgehead atoms. The van der Waals surface area contributed by atoms with Crippen LogP contribution in [-0.4, -0.2) is 16.1 Å². The number of nitrogens with one attached hydrogen (secondary N) is 1. The van der Waals surface area contributed by atoms with Crippen molar-refractivity contribution >= 4 is 11.9 Å². The Kier molecular flexibility index (Phi) is 4.93. The molecule has 1 aromatic heterocycles. The lowest BCUT2D eigenvalue weighted by Gasteiger charge is -2.05. The molecular formula is C20H21N3O2. The van der Waals surface area contributed by atoms with E-state index in [1.165, 1.54) is 5.56 Å². The summed E-state index contributed by atoms with van der Waals surface area (Å²) in [5.41, 5.74) is 3.86. The fraction of sp³-hybridized carbons (Fsp3) is 0.250. The van der Waals surface area contributed by atoms with Gasteiger partial charge < -0.3 is 4.42 Å². The first kappa shape index (κ1) is 16.9. The highest BCUT2D eigenvalue weighted by molar-refractivity contribution is 6.04. The second-order valence-electron chi connectivity index (χ2n) is 6.34. The van der Waals surface area contributed by atoms with Gasteiger partial charge in [-0.15, -0.1) is 5.10 Å². The summed E-state index contributed by atoms with van der Waals surface area (Å²) in [7, 11) is 0. The van der Waals surface area contributed by atoms with E-state index in [-0.39, 0.29) is 11.9 Å². The highest BCUT2D eigenvalue weighted by atomic mass is 16.4. The van der Waals surface area contributed by atoms with Crippen LogP contribution in [0, 0.1) is 6.92 Å². The van der Waals surface area contributed by atoms with Crippen LogP contribution in [0.3, 0.4) is 0 Å². The summed E-state index contributed by atoms with van der Waals surface area (Å²) in [6.07, 6.45) is 0.533. The van der Waals surface area contributed by atoms with E-state index >= 15 is 0 Å². The van der Waals surface area contributed by atoms with Crippen LogP contribution in [0.15, 0.2) is 52.9 Å². The average molecular weight is 335 g/mol. The third kappa shape index (κ3) is 4.12. The maximum atomic E-state index is 12.3. The van der Waals surface area contributed by atoms with E-state index in [0.29, 0.717) is 23.8 Å². The van der Waals surface area contributed by atoms with Crippen LogP contribution in [0.4, 0.5) is 6.01 Å². The number of hydrogen-bond acceptors (Lipinski definition) is 4. The van der Waals surface area contributed by atoms with Gasteiger partial charge in [0.15, 0.2) is 0 Å². The third-order valence-corrected chi connectivity index (χ3v) is 4.08. The van der Waals surface area contributed by atoms with Crippen molar-refractivity contribution in [2.45, 2.75) is 33.1 Å². The SMILES string of the molecule is Cc1ccccc1C(=O)Nc1nnc(Cc2ccc(C(C)C)cc2)o1. The molecule has 1 N–H and O–H groups in total. The Bertz CT molecular complexity index is 867. The fourth-order valence-electron chi connectivity index (χ4n) is 2.56. The zero-order chi connectivity index (χ0) is 17.8. The minimum atomic E-state index is -0.255. The molecule has 3 rings (SSSR count). The molecule has 25 heavy (non-hydrogen) atoms. The number of carbonyl (C=O) groups is 1. The summed E-state index contributed by atoms with van der Waals surface area (Å²) in [6, 6.07) is 15.8. The monoisotopic (exact) mass is 335 g/mol. The van der Waals surface area contributed by atoms with Gasteiger partial charge in [-0.05, 0) is 35.6 Å². The number of aromatic nitrogens is 2. The lowest BCUT2D eigenvalue weighted by Crippen LogP contribution is -2.13. The van der Waals surface area contributed by atoms with E-state index in [9.17, 15) is 4.79 Å². The Labute approximate surface area is 147 Å². The van der Waals surface area contributed by atoms with Crippen molar-refractivity contribution in [3.05, 3.63) is 76.7 Å². The molecule has 0 unspecified atom stereocenters. The van der Waals surface area contributed by atoms with Gasteiger partial charge in [-0.25, -0.2) is 0 Å². The molecule has 0 spiro atoms. The van der Waals surface area contributed by atoms with Gasteiger partial charge >= 0.3 is 6.01 Å². The van der Waals surface area contributed by atoms with Crippen molar-refractivity contribution in [2.24, 2.45) is 0 Å². The summed E-state index contributed by atoms with van der Waals surface area (Å²) >= 11 is 0. The lowest BCUT2D eigenvalue weighted by molar-refractivity contribution is 0.102. The van der Waals surface area contributed by atoms with Crippen LogP contribution >= 0.6 is 0 Å². The van der Waals surface area contributed by atoms with Crippen molar-refractivity contribution in [1.29, 1.82) is 0 Å². The van der Waals surface area contributed by atoms with Crippen LogP contribution in [0.2, 0.25) is 0 Å². The number of amides is 1. The zero-order valence-electron chi connectivity index (χ0n) is 14.6. The first-order valence-electron chi connectivity index (χ1n) is 8.31. The van der Waals surface area contributed by atoms with E-state index in [0.717, 1.165) is 11.1 Å². The molecule has 0 saturated carbocycles. The summed E-state index contributed by atoms with van der Waals surface area (Å²) in [5.74, 6) is 0.715. The molecule has 1 heterocycles. The molecule has 0 aliphatic heterocycles. The molecule has 5 nitrogen and oxygen atoms in total. The number of anilines is 1. The average Bonchev–Trinajstić information content (AvgIpc) is 3.02. The summed E-state index contributed by atoms with van der Waals surface area (Å²) in [4.78, 5) is 12.3. The number of hydrogen-bond donors (Lipinski definition) is 1. The number of rotatable bonds is 5. The number of carbonyl (C=O) groups excluding carboxylic acids is 1. The minimum Gasteiger partial charge on any atom is -0.407 e. The molecule has 0 atom stereocenters. The molecule has 0 aliphatic rings. The predicted octanol–water partition coefficient (Wildman–Crippen LogP) is 4.34. The molecule has 0 radical (unpaired) electrons. The van der Waals surface area contributed by atoms with Gasteiger partial charge in [0.05, 0.1) is 6.42 Å². The van der Waals surface area contributed by atoms with Crippen molar-refractivity contribution in [3.63, 3.8) is 0 Å². The van der Waals surface area contributed by atoms with E-state index in [2.05, 4.69) is 53.6 Å². The molecular weight excluding hydrogens is 314 g/mol. The summed E-state index contributed by atoms with van der Waals surface area (Å²) in [6.45, 7) is 6.21. The maximum absolute atomic E-state index is 12.3. The van der Waals surface area contributed by atoms with Crippen LogP contribution in [0.1, 0.15) is 52.7 Å². The van der Waals surface area contributed by atoms with Gasteiger partial charge in [0.1, 0.15) is 0 Å². The Morgan fingerprint density at radius 3 is 2.48 bits per heavy atom. The maximum Gasteiger partial charge on any atom is 0.322 e. The largest absolute Gasteiger partial charge is 0.407 e. The normalized spacial score (nSPS) is 10.9. The van der Waals surface area contributed by atoms with Crippen LogP contribution < -0.4 is 5.32 Å². The molecule has 0 aliphatic carbocycles. The van der Waals surface area contributed by atoms with Gasteiger partial charge in [0.25, 0.3) is 5.91 Å². The highest BCUT2D eigenvalue weighted by Crippen LogP contribution is 2.17. The van der Waals surface area contributed by atoms with Crippen molar-refractivity contribution in [2.75, 3.05) is 5.32 Å². The van der Waals surface area contributed by atoms with Gasteiger partial charge in [-0.3, -0.25) is 10.1 Å². The number of benzene rings is 2. The van der Waals surface area contributed by atoms with Gasteiger partial charge in [0, 0.05) is 5.56 Å². The van der Waals surface area contributed by atoms with E-state index in [1.54, 1.807) is 6.07 Å². The van der Waals surface area contributed by atoms with Crippen LogP contribution in [-0.2, 0) is 6.42 Å². The van der Waals surface area contributed by atoms with Gasteiger partial charge in [-0.2, -0.15) is 0 Å². The van der Waals surface area contributed by atoms with Crippen molar-refractivity contribution < 1.29 is 9.21 Å². The number of nitrogens with zero attached hydrogens (tertiary/aromatic N) is 2. The Morgan fingerprint density at radius 2 is 1.80 bits per heavy atom. The van der Waals surface area contributed by atoms with E-state index in [1.807, 2.05) is 25.1 Å². The van der Waals surface area contributed by atoms with E-state index < -0.39 is 0 Å². The smallest absolute Gasteiger partial charge is 0.322 e. The van der Waals surface area contributed by atoms with Crippen molar-refractivity contribution in [3.8, 4) is 0 Å². The Hall–Kier alpha value is -2.95. The second kappa shape index (κ2) is 7.30. The molecule has 5 heteroatoms. The van der Waals surface area contributed by atoms with Crippen molar-refractivity contribution in [1.82, 2.24) is 10.2 Å². The topological polar surface area (TPSA) is 68.0 Å². The van der Waals surface area contributed by atoms with Gasteiger partial charge in [0.2, 0.25) is 5.89 Å². The molecule has 3 aromatic rings. The zero-order valence-corrected chi connectivity index (χ0v) is 14.6. The fourth-order valence-corrected chi connectivity index (χ4v) is 2.56. The molecule has 0 fully saturated rings. The summed E-state index contributed by atoms with van der Waals surface area (Å²) < 4.78 is 5.54. The molecule has 2 aromatic carbocycles. The van der Waals surface area contributed by atoms with Crippen LogP contribution in [0.5, 0.6) is 0 Å². The number of aryl methyl sites for hydroxylation is 1. The standard InChI is InChI=1S/C20H21N3O2/c1-13(2)16-10-8-15(9-11-16)12-18-22-23-20(25-18)21-19(24)17-7-5-4-6-14(17)3/h4-11,13H,12H2,1-3H3,(H,21,23,24). The summed E-state index contributed by atoms with van der Waals surface area (Å²) in [5, 5.41) is 10.6. The molecule has 0 saturated heterocycles. The highest BCUT2D eigenvalue weighted by Gasteiger charge is 2.13. The minimum absolute atomic E-state index is 0.113. The van der Waals surface area contributed by atoms with E-state index in [4.69, 9.17) is 4.42 Å². The Balaban J connectivity index is 1.66. The first-order chi connectivity index (χ1) is 12.0. The van der Waals surface area contributed by atoms with Crippen LogP contribution in [0.25, 0.3) is 0 Å².